The van der Waals surface area contributed by atoms with E-state index in [2.05, 4.69) is 18.8 Å². The first-order valence-corrected chi connectivity index (χ1v) is 4.79. The van der Waals surface area contributed by atoms with Crippen molar-refractivity contribution < 1.29 is 5.11 Å². The molecule has 3 heteroatoms. The molecule has 3 nitrogen and oxygen atoms in total. The number of hydrogen-bond donors (Lipinski definition) is 1. The molecule has 0 spiro atoms. The van der Waals surface area contributed by atoms with Crippen molar-refractivity contribution in [1.82, 2.24) is 9.38 Å². The molecule has 0 saturated carbocycles. The van der Waals surface area contributed by atoms with Crippen molar-refractivity contribution in [2.24, 2.45) is 0 Å². The summed E-state index contributed by atoms with van der Waals surface area (Å²) in [6.07, 6.45) is 3.80. The number of fused-ring (bicyclic) bond motifs is 1. The third-order valence-electron chi connectivity index (χ3n) is 2.37. The first kappa shape index (κ1) is 9.21. The maximum atomic E-state index is 9.14. The number of aromatic nitrogens is 2. The summed E-state index contributed by atoms with van der Waals surface area (Å²) in [4.78, 5) is 4.36. The van der Waals surface area contributed by atoms with E-state index in [-0.39, 0.29) is 6.61 Å². The second-order valence-corrected chi connectivity index (χ2v) is 3.72. The molecule has 0 radical (unpaired) electrons. The van der Waals surface area contributed by atoms with Gasteiger partial charge in [0.1, 0.15) is 5.82 Å². The summed E-state index contributed by atoms with van der Waals surface area (Å²) in [5.41, 5.74) is 1.92. The molecular formula is C11H14N2O. The molecule has 0 fully saturated rings. The molecule has 0 aliphatic heterocycles. The number of nitrogens with zero attached hydrogens (tertiary/aromatic N) is 2. The minimum atomic E-state index is 0.0631. The zero-order chi connectivity index (χ0) is 10.1. The molecule has 0 aliphatic rings. The highest BCUT2D eigenvalue weighted by Crippen LogP contribution is 2.18. The summed E-state index contributed by atoms with van der Waals surface area (Å²) in [5.74, 6) is 1.43. The second kappa shape index (κ2) is 3.42. The first-order valence-electron chi connectivity index (χ1n) is 4.79. The molecule has 2 rings (SSSR count). The molecule has 0 bridgehead atoms. The van der Waals surface area contributed by atoms with Crippen molar-refractivity contribution in [2.45, 2.75) is 26.4 Å². The van der Waals surface area contributed by atoms with Crippen LogP contribution < -0.4 is 0 Å². The Morgan fingerprint density at radius 3 is 2.93 bits per heavy atom. The monoisotopic (exact) mass is 190 g/mol. The summed E-state index contributed by atoms with van der Waals surface area (Å²) in [7, 11) is 0. The molecule has 0 unspecified atom stereocenters. The van der Waals surface area contributed by atoms with Gasteiger partial charge < -0.3 is 9.51 Å². The van der Waals surface area contributed by atoms with Crippen LogP contribution in [0.4, 0.5) is 0 Å². The van der Waals surface area contributed by atoms with Crippen LogP contribution in [-0.4, -0.2) is 14.5 Å². The van der Waals surface area contributed by atoms with Crippen LogP contribution in [0.2, 0.25) is 0 Å². The van der Waals surface area contributed by atoms with Crippen LogP contribution >= 0.6 is 0 Å². The van der Waals surface area contributed by atoms with E-state index in [1.54, 1.807) is 0 Å². The van der Waals surface area contributed by atoms with Gasteiger partial charge in [0.25, 0.3) is 0 Å². The first-order chi connectivity index (χ1) is 6.74. The number of imidazole rings is 1. The fraction of sp³-hybridized carbons (Fsp3) is 0.364. The molecule has 2 heterocycles. The topological polar surface area (TPSA) is 37.5 Å². The molecule has 0 atom stereocenters. The van der Waals surface area contributed by atoms with Gasteiger partial charge in [-0.15, -0.1) is 0 Å². The highest BCUT2D eigenvalue weighted by molar-refractivity contribution is 5.53. The maximum Gasteiger partial charge on any atom is 0.115 e. The minimum absolute atomic E-state index is 0.0631. The summed E-state index contributed by atoms with van der Waals surface area (Å²) >= 11 is 0. The molecule has 0 aliphatic carbocycles. The van der Waals surface area contributed by atoms with Gasteiger partial charge in [0.2, 0.25) is 0 Å². The van der Waals surface area contributed by atoms with E-state index in [1.807, 2.05) is 28.9 Å². The molecule has 0 saturated heterocycles. The molecule has 0 amide bonds. The number of pyridine rings is 1. The fourth-order valence-electron chi connectivity index (χ4n) is 1.66. The number of rotatable bonds is 2. The Hall–Kier alpha value is -1.35. The van der Waals surface area contributed by atoms with Crippen LogP contribution in [0.25, 0.3) is 5.52 Å². The van der Waals surface area contributed by atoms with Gasteiger partial charge in [-0.25, -0.2) is 4.98 Å². The average Bonchev–Trinajstić information content (AvgIpc) is 2.60. The van der Waals surface area contributed by atoms with Gasteiger partial charge in [-0.1, -0.05) is 19.9 Å². The van der Waals surface area contributed by atoms with Gasteiger partial charge in [-0.2, -0.15) is 0 Å². The predicted octanol–water partition coefficient (Wildman–Crippen LogP) is 1.95. The van der Waals surface area contributed by atoms with Gasteiger partial charge in [0.05, 0.1) is 18.3 Å². The van der Waals surface area contributed by atoms with Crippen LogP contribution in [-0.2, 0) is 6.61 Å². The standard InChI is InChI=1S/C11H14N2O/c1-8(2)11-12-6-10-9(7-14)4-3-5-13(10)11/h3-6,8,14H,7H2,1-2H3. The van der Waals surface area contributed by atoms with E-state index in [1.165, 1.54) is 0 Å². The largest absolute Gasteiger partial charge is 0.392 e. The van der Waals surface area contributed by atoms with E-state index < -0.39 is 0 Å². The van der Waals surface area contributed by atoms with Crippen LogP contribution in [0.1, 0.15) is 31.2 Å². The zero-order valence-corrected chi connectivity index (χ0v) is 8.44. The van der Waals surface area contributed by atoms with Crippen molar-refractivity contribution in [2.75, 3.05) is 0 Å². The van der Waals surface area contributed by atoms with Crippen molar-refractivity contribution in [1.29, 1.82) is 0 Å². The molecular weight excluding hydrogens is 176 g/mol. The minimum Gasteiger partial charge on any atom is -0.392 e. The molecule has 1 N–H and O–H groups in total. The normalized spacial score (nSPS) is 11.4. The quantitative estimate of drug-likeness (QED) is 0.786. The Kier molecular flexibility index (Phi) is 2.25. The lowest BCUT2D eigenvalue weighted by atomic mass is 10.2. The van der Waals surface area contributed by atoms with Gasteiger partial charge in [0.15, 0.2) is 0 Å². The van der Waals surface area contributed by atoms with Crippen LogP contribution in [0.5, 0.6) is 0 Å². The van der Waals surface area contributed by atoms with E-state index in [4.69, 9.17) is 5.11 Å². The van der Waals surface area contributed by atoms with E-state index >= 15 is 0 Å². The summed E-state index contributed by atoms with van der Waals surface area (Å²) in [5, 5.41) is 9.14. The lowest BCUT2D eigenvalue weighted by Crippen LogP contribution is -1.97. The van der Waals surface area contributed by atoms with Crippen LogP contribution in [0.15, 0.2) is 24.5 Å². The Balaban J connectivity index is 2.69. The fourth-order valence-corrected chi connectivity index (χ4v) is 1.66. The highest BCUT2D eigenvalue weighted by Gasteiger charge is 2.08. The van der Waals surface area contributed by atoms with Crippen molar-refractivity contribution >= 4 is 5.52 Å². The predicted molar refractivity (Wildman–Crippen MR) is 55.2 cm³/mol. The smallest absolute Gasteiger partial charge is 0.115 e. The van der Waals surface area contributed by atoms with Gasteiger partial charge in [-0.05, 0) is 6.07 Å². The van der Waals surface area contributed by atoms with Gasteiger partial charge in [0, 0.05) is 17.7 Å². The zero-order valence-electron chi connectivity index (χ0n) is 8.44. The molecule has 2 aromatic rings. The van der Waals surface area contributed by atoms with Crippen molar-refractivity contribution in [3.8, 4) is 0 Å². The SMILES string of the molecule is CC(C)c1ncc2c(CO)cccn12. The summed E-state index contributed by atoms with van der Waals surface area (Å²) in [6.45, 7) is 4.29. The average molecular weight is 190 g/mol. The summed E-state index contributed by atoms with van der Waals surface area (Å²) in [6, 6.07) is 3.85. The Bertz CT molecular complexity index is 445. The molecule has 74 valence electrons. The van der Waals surface area contributed by atoms with E-state index in [9.17, 15) is 0 Å². The third kappa shape index (κ3) is 1.30. The molecule has 14 heavy (non-hydrogen) atoms. The third-order valence-corrected chi connectivity index (χ3v) is 2.37. The van der Waals surface area contributed by atoms with Gasteiger partial charge in [-0.3, -0.25) is 0 Å². The van der Waals surface area contributed by atoms with Crippen molar-refractivity contribution in [3.63, 3.8) is 0 Å². The highest BCUT2D eigenvalue weighted by atomic mass is 16.3. The lowest BCUT2D eigenvalue weighted by molar-refractivity contribution is 0.283. The number of aliphatic hydroxyl groups excluding tert-OH is 1. The number of aliphatic hydroxyl groups is 1. The Morgan fingerprint density at radius 2 is 2.29 bits per heavy atom. The molecule has 0 aromatic carbocycles. The van der Waals surface area contributed by atoms with E-state index in [0.717, 1.165) is 16.9 Å². The van der Waals surface area contributed by atoms with Crippen LogP contribution in [0.3, 0.4) is 0 Å². The van der Waals surface area contributed by atoms with Crippen molar-refractivity contribution in [3.05, 3.63) is 35.9 Å². The summed E-state index contributed by atoms with van der Waals surface area (Å²) < 4.78 is 2.04. The maximum absolute atomic E-state index is 9.14. The van der Waals surface area contributed by atoms with Gasteiger partial charge >= 0.3 is 0 Å². The Labute approximate surface area is 83.0 Å². The van der Waals surface area contributed by atoms with E-state index in [0.29, 0.717) is 5.92 Å². The number of hydrogen-bond acceptors (Lipinski definition) is 2. The van der Waals surface area contributed by atoms with Crippen LogP contribution in [0, 0.1) is 0 Å². The Morgan fingerprint density at radius 1 is 1.50 bits per heavy atom. The lowest BCUT2D eigenvalue weighted by Gasteiger charge is -2.05. The second-order valence-electron chi connectivity index (χ2n) is 3.72. The molecule has 2 aromatic heterocycles.